The first-order chi connectivity index (χ1) is 11.6. The summed E-state index contributed by atoms with van der Waals surface area (Å²) in [6.07, 6.45) is 2.66. The van der Waals surface area contributed by atoms with Gasteiger partial charge in [0.1, 0.15) is 5.82 Å². The van der Waals surface area contributed by atoms with Gasteiger partial charge in [-0.3, -0.25) is 9.48 Å². The maximum Gasteiger partial charge on any atom is 0.221 e. The van der Waals surface area contributed by atoms with Gasteiger partial charge in [-0.05, 0) is 30.5 Å². The van der Waals surface area contributed by atoms with Crippen LogP contribution in [0.15, 0.2) is 48.7 Å². The minimum atomic E-state index is -0.231. The Morgan fingerprint density at radius 3 is 2.88 bits per heavy atom. The number of hydrogen-bond donors (Lipinski definition) is 1. The molecule has 0 saturated carbocycles. The van der Waals surface area contributed by atoms with Gasteiger partial charge in [0.25, 0.3) is 0 Å². The van der Waals surface area contributed by atoms with Gasteiger partial charge < -0.3 is 5.32 Å². The fourth-order valence-electron chi connectivity index (χ4n) is 2.83. The van der Waals surface area contributed by atoms with Gasteiger partial charge in [-0.15, -0.1) is 0 Å². The van der Waals surface area contributed by atoms with Crippen LogP contribution in [0.25, 0.3) is 10.9 Å². The van der Waals surface area contributed by atoms with E-state index in [-0.39, 0.29) is 11.7 Å². The summed E-state index contributed by atoms with van der Waals surface area (Å²) in [5.41, 5.74) is 2.83. The van der Waals surface area contributed by atoms with Crippen LogP contribution < -0.4 is 5.32 Å². The number of aromatic nitrogens is 2. The summed E-state index contributed by atoms with van der Waals surface area (Å²) in [6.45, 7) is 2.99. The van der Waals surface area contributed by atoms with Crippen LogP contribution in [0, 0.1) is 12.7 Å². The number of halogens is 1. The highest BCUT2D eigenvalue weighted by Crippen LogP contribution is 2.17. The Kier molecular flexibility index (Phi) is 4.89. The van der Waals surface area contributed by atoms with Gasteiger partial charge in [0.2, 0.25) is 5.91 Å². The average molecular weight is 325 g/mol. The average Bonchev–Trinajstić information content (AvgIpc) is 2.99. The van der Waals surface area contributed by atoms with Gasteiger partial charge in [-0.1, -0.05) is 36.4 Å². The number of rotatable bonds is 6. The molecule has 0 radical (unpaired) electrons. The van der Waals surface area contributed by atoms with Gasteiger partial charge in [0, 0.05) is 18.4 Å². The molecule has 0 aliphatic rings. The summed E-state index contributed by atoms with van der Waals surface area (Å²) in [7, 11) is 0. The van der Waals surface area contributed by atoms with E-state index in [1.54, 1.807) is 18.2 Å². The van der Waals surface area contributed by atoms with Crippen LogP contribution in [0.1, 0.15) is 17.5 Å². The predicted octanol–water partition coefficient (Wildman–Crippen LogP) is 3.23. The van der Waals surface area contributed by atoms with Crippen LogP contribution in [-0.4, -0.2) is 22.2 Å². The van der Waals surface area contributed by atoms with Crippen LogP contribution in [0.2, 0.25) is 0 Å². The van der Waals surface area contributed by atoms with Gasteiger partial charge >= 0.3 is 0 Å². The minimum Gasteiger partial charge on any atom is -0.356 e. The highest BCUT2D eigenvalue weighted by atomic mass is 19.1. The third-order valence-electron chi connectivity index (χ3n) is 4.09. The molecule has 4 nitrogen and oxygen atoms in total. The molecule has 0 aliphatic carbocycles. The van der Waals surface area contributed by atoms with Crippen molar-refractivity contribution in [2.75, 3.05) is 6.54 Å². The molecule has 0 unspecified atom stereocenters. The number of fused-ring (bicyclic) bond motifs is 1. The Morgan fingerprint density at radius 1 is 1.21 bits per heavy atom. The van der Waals surface area contributed by atoms with E-state index in [4.69, 9.17) is 0 Å². The first-order valence-electron chi connectivity index (χ1n) is 8.06. The summed E-state index contributed by atoms with van der Waals surface area (Å²) in [5.74, 6) is -0.284. The van der Waals surface area contributed by atoms with Crippen LogP contribution in [0.4, 0.5) is 4.39 Å². The predicted molar refractivity (Wildman–Crippen MR) is 92.2 cm³/mol. The third kappa shape index (κ3) is 3.62. The van der Waals surface area contributed by atoms with Crippen molar-refractivity contribution >= 4 is 16.8 Å². The lowest BCUT2D eigenvalue weighted by Crippen LogP contribution is -2.27. The van der Waals surface area contributed by atoms with Crippen molar-refractivity contribution in [2.45, 2.75) is 26.3 Å². The van der Waals surface area contributed by atoms with Crippen molar-refractivity contribution in [3.8, 4) is 0 Å². The summed E-state index contributed by atoms with van der Waals surface area (Å²) >= 11 is 0. The van der Waals surface area contributed by atoms with Gasteiger partial charge in [-0.25, -0.2) is 4.39 Å². The molecular weight excluding hydrogens is 305 g/mol. The number of aryl methyl sites for hydroxylation is 2. The second-order valence-corrected chi connectivity index (χ2v) is 5.82. The normalized spacial score (nSPS) is 10.9. The Balaban J connectivity index is 1.51. The van der Waals surface area contributed by atoms with Crippen LogP contribution in [0.3, 0.4) is 0 Å². The molecular formula is C19H20FN3O. The lowest BCUT2D eigenvalue weighted by Gasteiger charge is -2.08. The molecule has 0 saturated heterocycles. The second kappa shape index (κ2) is 7.25. The fraction of sp³-hybridized carbons (Fsp3) is 0.263. The Bertz CT molecular complexity index is 857. The van der Waals surface area contributed by atoms with E-state index < -0.39 is 0 Å². The largest absolute Gasteiger partial charge is 0.356 e. The SMILES string of the molecule is Cc1cccc2cnn(CCC(=O)NCCc3ccccc3F)c12. The van der Waals surface area contributed by atoms with Crippen molar-refractivity contribution in [1.82, 2.24) is 15.1 Å². The number of benzene rings is 2. The Morgan fingerprint density at radius 2 is 2.04 bits per heavy atom. The number of nitrogens with one attached hydrogen (secondary N) is 1. The van der Waals surface area contributed by atoms with E-state index in [2.05, 4.69) is 10.4 Å². The third-order valence-corrected chi connectivity index (χ3v) is 4.09. The number of carbonyl (C=O) groups is 1. The van der Waals surface area contributed by atoms with Crippen molar-refractivity contribution < 1.29 is 9.18 Å². The zero-order valence-electron chi connectivity index (χ0n) is 13.6. The second-order valence-electron chi connectivity index (χ2n) is 5.82. The fourth-order valence-corrected chi connectivity index (χ4v) is 2.83. The standard InChI is InChI=1S/C19H20FN3O/c1-14-5-4-7-16-13-22-23(19(14)16)12-10-18(24)21-11-9-15-6-2-3-8-17(15)20/h2-8,13H,9-12H2,1H3,(H,21,24). The molecule has 124 valence electrons. The molecule has 1 N–H and O–H groups in total. The Labute approximate surface area is 140 Å². The zero-order valence-corrected chi connectivity index (χ0v) is 13.6. The lowest BCUT2D eigenvalue weighted by atomic mass is 10.1. The molecule has 3 rings (SSSR count). The highest BCUT2D eigenvalue weighted by Gasteiger charge is 2.08. The van der Waals surface area contributed by atoms with Gasteiger partial charge in [-0.2, -0.15) is 5.10 Å². The van der Waals surface area contributed by atoms with E-state index in [0.717, 1.165) is 16.5 Å². The van der Waals surface area contributed by atoms with Crippen molar-refractivity contribution in [3.05, 3.63) is 65.6 Å². The lowest BCUT2D eigenvalue weighted by molar-refractivity contribution is -0.121. The molecule has 5 heteroatoms. The molecule has 3 aromatic rings. The van der Waals surface area contributed by atoms with Crippen molar-refractivity contribution in [2.24, 2.45) is 0 Å². The van der Waals surface area contributed by atoms with Gasteiger partial charge in [0.15, 0.2) is 0 Å². The molecule has 1 aromatic heterocycles. The van der Waals surface area contributed by atoms with E-state index >= 15 is 0 Å². The molecule has 1 heterocycles. The maximum atomic E-state index is 13.5. The quantitative estimate of drug-likeness (QED) is 0.756. The molecule has 0 aliphatic heterocycles. The Hall–Kier alpha value is -2.69. The number of amides is 1. The van der Waals surface area contributed by atoms with E-state index in [9.17, 15) is 9.18 Å². The first kappa shape index (κ1) is 16.2. The van der Waals surface area contributed by atoms with E-state index in [0.29, 0.717) is 31.5 Å². The number of para-hydroxylation sites is 1. The molecule has 0 atom stereocenters. The van der Waals surface area contributed by atoms with Crippen molar-refractivity contribution in [3.63, 3.8) is 0 Å². The number of carbonyl (C=O) groups excluding carboxylic acids is 1. The maximum absolute atomic E-state index is 13.5. The monoisotopic (exact) mass is 325 g/mol. The summed E-state index contributed by atoms with van der Waals surface area (Å²) in [5, 5.41) is 8.27. The van der Waals surface area contributed by atoms with Gasteiger partial charge in [0.05, 0.1) is 18.3 Å². The molecule has 24 heavy (non-hydrogen) atoms. The molecule has 0 spiro atoms. The zero-order chi connectivity index (χ0) is 16.9. The smallest absolute Gasteiger partial charge is 0.221 e. The van der Waals surface area contributed by atoms with Crippen LogP contribution in [0.5, 0.6) is 0 Å². The number of nitrogens with zero attached hydrogens (tertiary/aromatic N) is 2. The summed E-state index contributed by atoms with van der Waals surface area (Å²) in [6, 6.07) is 12.7. The summed E-state index contributed by atoms with van der Waals surface area (Å²) < 4.78 is 15.4. The molecule has 0 fully saturated rings. The van der Waals surface area contributed by atoms with Crippen molar-refractivity contribution in [1.29, 1.82) is 0 Å². The molecule has 0 bridgehead atoms. The van der Waals surface area contributed by atoms with Crippen LogP contribution >= 0.6 is 0 Å². The van der Waals surface area contributed by atoms with Crippen LogP contribution in [-0.2, 0) is 17.8 Å². The first-order valence-corrected chi connectivity index (χ1v) is 8.06. The summed E-state index contributed by atoms with van der Waals surface area (Å²) in [4.78, 5) is 12.0. The minimum absolute atomic E-state index is 0.0522. The number of hydrogen-bond acceptors (Lipinski definition) is 2. The highest BCUT2D eigenvalue weighted by molar-refractivity contribution is 5.82. The van der Waals surface area contributed by atoms with E-state index in [1.807, 2.05) is 36.0 Å². The molecule has 2 aromatic carbocycles. The van der Waals surface area contributed by atoms with E-state index in [1.165, 1.54) is 6.07 Å². The molecule has 1 amide bonds. The topological polar surface area (TPSA) is 46.9 Å².